The molecule has 1 fully saturated rings. The van der Waals surface area contributed by atoms with E-state index in [4.69, 9.17) is 0 Å². The topological polar surface area (TPSA) is 61.0 Å². The predicted molar refractivity (Wildman–Crippen MR) is 88.0 cm³/mol. The van der Waals surface area contributed by atoms with Crippen LogP contribution < -0.4 is 10.2 Å². The number of amides is 1. The lowest BCUT2D eigenvalue weighted by atomic mass is 10.1. The molecule has 1 aromatic carbocycles. The van der Waals surface area contributed by atoms with E-state index in [1.807, 2.05) is 24.3 Å². The number of H-pyrrole nitrogens is 1. The molecule has 0 aliphatic heterocycles. The Morgan fingerprint density at radius 3 is 2.82 bits per heavy atom. The third kappa shape index (κ3) is 3.30. The van der Waals surface area contributed by atoms with Crippen molar-refractivity contribution in [2.24, 2.45) is 0 Å². The summed E-state index contributed by atoms with van der Waals surface area (Å²) in [4.78, 5) is 14.5. The Morgan fingerprint density at radius 2 is 2.09 bits per heavy atom. The maximum absolute atomic E-state index is 12.2. The number of anilines is 2. The predicted octanol–water partition coefficient (Wildman–Crippen LogP) is 2.97. The van der Waals surface area contributed by atoms with E-state index in [9.17, 15) is 4.79 Å². The highest BCUT2D eigenvalue weighted by Crippen LogP contribution is 2.31. The molecule has 5 nitrogen and oxygen atoms in total. The van der Waals surface area contributed by atoms with Crippen molar-refractivity contribution in [2.45, 2.75) is 38.1 Å². The largest absolute Gasteiger partial charge is 0.370 e. The number of benzene rings is 1. The van der Waals surface area contributed by atoms with E-state index < -0.39 is 0 Å². The van der Waals surface area contributed by atoms with Gasteiger partial charge in [-0.2, -0.15) is 5.10 Å². The van der Waals surface area contributed by atoms with Crippen LogP contribution in [0.1, 0.15) is 31.4 Å². The molecule has 2 N–H and O–H groups in total. The molecule has 5 heteroatoms. The third-order valence-electron chi connectivity index (χ3n) is 4.34. The Hall–Kier alpha value is -2.30. The summed E-state index contributed by atoms with van der Waals surface area (Å²) in [5, 5.41) is 9.71. The summed E-state index contributed by atoms with van der Waals surface area (Å²) < 4.78 is 0. The molecule has 1 aromatic heterocycles. The molecule has 22 heavy (non-hydrogen) atoms. The van der Waals surface area contributed by atoms with Crippen LogP contribution in [0.2, 0.25) is 0 Å². The number of nitrogens with one attached hydrogen (secondary N) is 2. The molecule has 0 bridgehead atoms. The standard InChI is InChI=1S/C17H22N4O/c1-21(14-6-2-3-7-14)16-9-5-4-8-15(16)19-17(22)12-13-10-11-18-20-13/h4-5,8-11,14H,2-3,6-7,12H2,1H3,(H,18,20)(H,19,22). The highest BCUT2D eigenvalue weighted by atomic mass is 16.1. The van der Waals surface area contributed by atoms with E-state index in [1.54, 1.807) is 6.20 Å². The molecule has 1 saturated carbocycles. The second kappa shape index (κ2) is 6.64. The summed E-state index contributed by atoms with van der Waals surface area (Å²) in [5.74, 6) is -0.0310. The van der Waals surface area contributed by atoms with Crippen molar-refractivity contribution >= 4 is 17.3 Å². The van der Waals surface area contributed by atoms with E-state index in [0.29, 0.717) is 12.5 Å². The zero-order valence-electron chi connectivity index (χ0n) is 12.9. The Labute approximate surface area is 130 Å². The Bertz CT molecular complexity index is 617. The van der Waals surface area contributed by atoms with Crippen LogP contribution >= 0.6 is 0 Å². The minimum Gasteiger partial charge on any atom is -0.370 e. The van der Waals surface area contributed by atoms with Crippen LogP contribution in [-0.2, 0) is 11.2 Å². The SMILES string of the molecule is CN(c1ccccc1NC(=O)Cc1ccn[nH]1)C1CCCC1. The van der Waals surface area contributed by atoms with Crippen LogP contribution in [0.25, 0.3) is 0 Å². The number of carbonyl (C=O) groups is 1. The van der Waals surface area contributed by atoms with Gasteiger partial charge in [-0.05, 0) is 31.0 Å². The van der Waals surface area contributed by atoms with Crippen LogP contribution in [0.15, 0.2) is 36.5 Å². The van der Waals surface area contributed by atoms with Crippen LogP contribution in [0.4, 0.5) is 11.4 Å². The minimum absolute atomic E-state index is 0.0310. The molecule has 1 heterocycles. The first-order chi connectivity index (χ1) is 10.7. The van der Waals surface area contributed by atoms with Gasteiger partial charge in [-0.1, -0.05) is 25.0 Å². The lowest BCUT2D eigenvalue weighted by molar-refractivity contribution is -0.115. The Balaban J connectivity index is 1.71. The van der Waals surface area contributed by atoms with Gasteiger partial charge in [-0.3, -0.25) is 9.89 Å². The van der Waals surface area contributed by atoms with Gasteiger partial charge in [0.25, 0.3) is 0 Å². The molecule has 1 aliphatic rings. The number of nitrogens with zero attached hydrogens (tertiary/aromatic N) is 2. The normalized spacial score (nSPS) is 15.0. The highest BCUT2D eigenvalue weighted by Gasteiger charge is 2.21. The van der Waals surface area contributed by atoms with Gasteiger partial charge in [0.2, 0.25) is 5.91 Å². The Morgan fingerprint density at radius 1 is 1.32 bits per heavy atom. The number of hydrogen-bond acceptors (Lipinski definition) is 3. The number of carbonyl (C=O) groups excluding carboxylic acids is 1. The number of para-hydroxylation sites is 2. The number of rotatable bonds is 5. The van der Waals surface area contributed by atoms with Crippen LogP contribution in [0.3, 0.4) is 0 Å². The molecule has 0 spiro atoms. The molecular formula is C17H22N4O. The van der Waals surface area contributed by atoms with Gasteiger partial charge in [0.1, 0.15) is 0 Å². The molecule has 1 aliphatic carbocycles. The minimum atomic E-state index is -0.0310. The van der Waals surface area contributed by atoms with Crippen molar-refractivity contribution < 1.29 is 4.79 Å². The van der Waals surface area contributed by atoms with Crippen LogP contribution in [-0.4, -0.2) is 29.2 Å². The molecule has 1 amide bonds. The maximum atomic E-state index is 12.2. The number of hydrogen-bond donors (Lipinski definition) is 2. The molecule has 0 unspecified atom stereocenters. The number of aromatic nitrogens is 2. The van der Waals surface area contributed by atoms with Crippen molar-refractivity contribution in [1.29, 1.82) is 0 Å². The first kappa shape index (κ1) is 14.6. The van der Waals surface area contributed by atoms with Gasteiger partial charge in [0, 0.05) is 25.0 Å². The van der Waals surface area contributed by atoms with Crippen molar-refractivity contribution in [2.75, 3.05) is 17.3 Å². The molecular weight excluding hydrogens is 276 g/mol. The fourth-order valence-corrected chi connectivity index (χ4v) is 3.13. The van der Waals surface area contributed by atoms with E-state index in [1.165, 1.54) is 25.7 Å². The molecule has 0 radical (unpaired) electrons. The molecule has 116 valence electrons. The van der Waals surface area contributed by atoms with Gasteiger partial charge in [0.15, 0.2) is 0 Å². The fraction of sp³-hybridized carbons (Fsp3) is 0.412. The van der Waals surface area contributed by atoms with Crippen molar-refractivity contribution in [3.63, 3.8) is 0 Å². The van der Waals surface area contributed by atoms with E-state index in [2.05, 4.69) is 33.5 Å². The number of aromatic amines is 1. The summed E-state index contributed by atoms with van der Waals surface area (Å²) in [5.41, 5.74) is 2.79. The highest BCUT2D eigenvalue weighted by molar-refractivity contribution is 5.95. The van der Waals surface area contributed by atoms with Crippen molar-refractivity contribution in [3.8, 4) is 0 Å². The van der Waals surface area contributed by atoms with Crippen LogP contribution in [0, 0.1) is 0 Å². The zero-order chi connectivity index (χ0) is 15.4. The summed E-state index contributed by atoms with van der Waals surface area (Å²) in [6.07, 6.45) is 7.01. The van der Waals surface area contributed by atoms with Gasteiger partial charge in [-0.15, -0.1) is 0 Å². The Kier molecular flexibility index (Phi) is 4.42. The van der Waals surface area contributed by atoms with E-state index in [0.717, 1.165) is 17.1 Å². The first-order valence-electron chi connectivity index (χ1n) is 7.84. The maximum Gasteiger partial charge on any atom is 0.230 e. The van der Waals surface area contributed by atoms with Crippen LogP contribution in [0.5, 0.6) is 0 Å². The fourth-order valence-electron chi connectivity index (χ4n) is 3.13. The quantitative estimate of drug-likeness (QED) is 0.892. The third-order valence-corrected chi connectivity index (χ3v) is 4.34. The smallest absolute Gasteiger partial charge is 0.230 e. The van der Waals surface area contributed by atoms with Gasteiger partial charge >= 0.3 is 0 Å². The molecule has 0 atom stereocenters. The van der Waals surface area contributed by atoms with E-state index >= 15 is 0 Å². The van der Waals surface area contributed by atoms with Crippen molar-refractivity contribution in [1.82, 2.24) is 10.2 Å². The summed E-state index contributed by atoms with van der Waals surface area (Å²) >= 11 is 0. The average Bonchev–Trinajstić information content (AvgIpc) is 3.20. The van der Waals surface area contributed by atoms with Gasteiger partial charge < -0.3 is 10.2 Å². The monoisotopic (exact) mass is 298 g/mol. The lowest BCUT2D eigenvalue weighted by Gasteiger charge is -2.28. The summed E-state index contributed by atoms with van der Waals surface area (Å²) in [6.45, 7) is 0. The first-order valence-corrected chi connectivity index (χ1v) is 7.84. The summed E-state index contributed by atoms with van der Waals surface area (Å²) in [7, 11) is 2.12. The molecule has 0 saturated heterocycles. The second-order valence-corrected chi connectivity index (χ2v) is 5.87. The van der Waals surface area contributed by atoms with Crippen molar-refractivity contribution in [3.05, 3.63) is 42.2 Å². The summed E-state index contributed by atoms with van der Waals surface area (Å²) in [6, 6.07) is 10.4. The molecule has 3 rings (SSSR count). The lowest BCUT2D eigenvalue weighted by Crippen LogP contribution is -2.30. The second-order valence-electron chi connectivity index (χ2n) is 5.87. The molecule has 2 aromatic rings. The average molecular weight is 298 g/mol. The zero-order valence-corrected chi connectivity index (χ0v) is 12.9. The van der Waals surface area contributed by atoms with Gasteiger partial charge in [-0.25, -0.2) is 0 Å². The van der Waals surface area contributed by atoms with Gasteiger partial charge in [0.05, 0.1) is 17.8 Å². The van der Waals surface area contributed by atoms with E-state index in [-0.39, 0.29) is 5.91 Å².